The van der Waals surface area contributed by atoms with E-state index in [0.29, 0.717) is 18.1 Å². The summed E-state index contributed by atoms with van der Waals surface area (Å²) in [5.41, 5.74) is 0.645. The first-order valence-electron chi connectivity index (χ1n) is 6.83. The molecule has 1 atom stereocenters. The lowest BCUT2D eigenvalue weighted by atomic mass is 10.1. The molecule has 4 nitrogen and oxygen atoms in total. The van der Waals surface area contributed by atoms with Crippen LogP contribution in [0.4, 0.5) is 8.78 Å². The summed E-state index contributed by atoms with van der Waals surface area (Å²) >= 11 is 1.61. The number of rotatable bonds is 4. The molecular weight excluding hydrogens is 306 g/mol. The Balaban J connectivity index is 1.95. The Morgan fingerprint density at radius 1 is 1.36 bits per heavy atom. The van der Waals surface area contributed by atoms with Crippen molar-refractivity contribution in [1.82, 2.24) is 15.6 Å². The zero-order valence-electron chi connectivity index (χ0n) is 12.7. The predicted molar refractivity (Wildman–Crippen MR) is 85.0 cm³/mol. The first-order valence-corrected chi connectivity index (χ1v) is 7.64. The number of nitrogens with one attached hydrogen (secondary N) is 2. The fourth-order valence-corrected chi connectivity index (χ4v) is 2.63. The van der Waals surface area contributed by atoms with E-state index in [4.69, 9.17) is 0 Å². The van der Waals surface area contributed by atoms with Crippen LogP contribution >= 0.6 is 11.3 Å². The van der Waals surface area contributed by atoms with Gasteiger partial charge in [-0.3, -0.25) is 4.99 Å². The van der Waals surface area contributed by atoms with Crippen LogP contribution in [0.5, 0.6) is 0 Å². The molecule has 0 amide bonds. The van der Waals surface area contributed by atoms with E-state index in [2.05, 4.69) is 20.6 Å². The second kappa shape index (κ2) is 7.31. The minimum atomic E-state index is -0.854. The van der Waals surface area contributed by atoms with Crippen LogP contribution in [0.2, 0.25) is 0 Å². The highest BCUT2D eigenvalue weighted by Crippen LogP contribution is 2.16. The molecular formula is C15H18F2N4S. The van der Waals surface area contributed by atoms with Crippen LogP contribution in [0.1, 0.15) is 28.4 Å². The lowest BCUT2D eigenvalue weighted by Gasteiger charge is -2.18. The van der Waals surface area contributed by atoms with Crippen LogP contribution < -0.4 is 10.6 Å². The molecule has 0 bridgehead atoms. The minimum absolute atomic E-state index is 0.209. The summed E-state index contributed by atoms with van der Waals surface area (Å²) in [5, 5.41) is 7.24. The molecule has 2 rings (SSSR count). The lowest BCUT2D eigenvalue weighted by Crippen LogP contribution is -2.38. The van der Waals surface area contributed by atoms with Gasteiger partial charge in [0, 0.05) is 18.1 Å². The van der Waals surface area contributed by atoms with Crippen LogP contribution in [0.3, 0.4) is 0 Å². The first-order chi connectivity index (χ1) is 10.5. The summed E-state index contributed by atoms with van der Waals surface area (Å²) in [7, 11) is 1.65. The number of guanidine groups is 1. The topological polar surface area (TPSA) is 49.3 Å². The van der Waals surface area contributed by atoms with Gasteiger partial charge in [-0.15, -0.1) is 11.3 Å². The van der Waals surface area contributed by atoms with E-state index < -0.39 is 11.6 Å². The molecule has 0 saturated carbocycles. The van der Waals surface area contributed by atoms with E-state index in [1.165, 1.54) is 6.07 Å². The smallest absolute Gasteiger partial charge is 0.191 e. The highest BCUT2D eigenvalue weighted by molar-refractivity contribution is 7.11. The second-order valence-corrected chi connectivity index (χ2v) is 6.15. The summed E-state index contributed by atoms with van der Waals surface area (Å²) in [6.07, 6.45) is 1.82. The summed E-state index contributed by atoms with van der Waals surface area (Å²) in [6, 6.07) is 3.65. The number of hydrogen-bond donors (Lipinski definition) is 2. The second-order valence-electron chi connectivity index (χ2n) is 4.83. The van der Waals surface area contributed by atoms with Gasteiger partial charge in [0.25, 0.3) is 0 Å². The average Bonchev–Trinajstić information content (AvgIpc) is 2.91. The predicted octanol–water partition coefficient (Wildman–Crippen LogP) is 3.16. The molecule has 7 heteroatoms. The molecule has 1 heterocycles. The van der Waals surface area contributed by atoms with E-state index in [1.807, 2.05) is 20.0 Å². The molecule has 1 aromatic heterocycles. The third-order valence-electron chi connectivity index (χ3n) is 3.10. The third-order valence-corrected chi connectivity index (χ3v) is 4.01. The minimum Gasteiger partial charge on any atom is -0.350 e. The fourth-order valence-electron chi connectivity index (χ4n) is 1.91. The summed E-state index contributed by atoms with van der Waals surface area (Å²) in [4.78, 5) is 9.53. The van der Waals surface area contributed by atoms with E-state index >= 15 is 0 Å². The molecule has 0 saturated heterocycles. The van der Waals surface area contributed by atoms with Crippen LogP contribution in [-0.2, 0) is 6.54 Å². The first kappa shape index (κ1) is 16.4. The Morgan fingerprint density at radius 2 is 2.14 bits per heavy atom. The third kappa shape index (κ3) is 4.24. The number of aliphatic imine (C=N–C) groups is 1. The summed E-state index contributed by atoms with van der Waals surface area (Å²) in [5.74, 6) is -1.13. The monoisotopic (exact) mass is 324 g/mol. The van der Waals surface area contributed by atoms with Gasteiger partial charge in [-0.2, -0.15) is 0 Å². The van der Waals surface area contributed by atoms with Crippen molar-refractivity contribution in [3.63, 3.8) is 0 Å². The van der Waals surface area contributed by atoms with Gasteiger partial charge in [0.2, 0.25) is 0 Å². The molecule has 118 valence electrons. The van der Waals surface area contributed by atoms with Crippen molar-refractivity contribution in [2.75, 3.05) is 7.05 Å². The van der Waals surface area contributed by atoms with Crippen molar-refractivity contribution in [2.45, 2.75) is 26.4 Å². The number of thiazole rings is 1. The van der Waals surface area contributed by atoms with Gasteiger partial charge in [0.15, 0.2) is 17.6 Å². The van der Waals surface area contributed by atoms with Gasteiger partial charge in [0.05, 0.1) is 12.6 Å². The SMILES string of the molecule is CN=C(NCc1ncc(C)s1)NC(C)c1ccc(F)c(F)c1. The maximum atomic E-state index is 13.3. The van der Waals surface area contributed by atoms with Gasteiger partial charge < -0.3 is 10.6 Å². The van der Waals surface area contributed by atoms with Gasteiger partial charge in [-0.05, 0) is 31.5 Å². The van der Waals surface area contributed by atoms with Gasteiger partial charge in [-0.25, -0.2) is 13.8 Å². The molecule has 2 aromatic rings. The number of halogens is 2. The number of aromatic nitrogens is 1. The maximum absolute atomic E-state index is 13.3. The normalized spacial score (nSPS) is 13.0. The average molecular weight is 324 g/mol. The number of nitrogens with zero attached hydrogens (tertiary/aromatic N) is 2. The Kier molecular flexibility index (Phi) is 5.43. The van der Waals surface area contributed by atoms with Crippen molar-refractivity contribution < 1.29 is 8.78 Å². The van der Waals surface area contributed by atoms with Crippen molar-refractivity contribution in [2.24, 2.45) is 4.99 Å². The zero-order chi connectivity index (χ0) is 16.1. The highest BCUT2D eigenvalue weighted by atomic mass is 32.1. The molecule has 1 aromatic carbocycles. The summed E-state index contributed by atoms with van der Waals surface area (Å²) in [6.45, 7) is 4.41. The maximum Gasteiger partial charge on any atom is 0.191 e. The molecule has 0 fully saturated rings. The molecule has 0 aliphatic rings. The zero-order valence-corrected chi connectivity index (χ0v) is 13.5. The van der Waals surface area contributed by atoms with Crippen LogP contribution in [-0.4, -0.2) is 18.0 Å². The molecule has 1 unspecified atom stereocenters. The molecule has 0 aliphatic carbocycles. The van der Waals surface area contributed by atoms with E-state index in [1.54, 1.807) is 24.5 Å². The number of benzene rings is 1. The number of aryl methyl sites for hydroxylation is 1. The molecule has 2 N–H and O–H groups in total. The van der Waals surface area contributed by atoms with Gasteiger partial charge in [0.1, 0.15) is 5.01 Å². The molecule has 0 spiro atoms. The summed E-state index contributed by atoms with van der Waals surface area (Å²) < 4.78 is 26.2. The molecule has 0 radical (unpaired) electrons. The lowest BCUT2D eigenvalue weighted by molar-refractivity contribution is 0.504. The van der Waals surface area contributed by atoms with Crippen LogP contribution in [0, 0.1) is 18.6 Å². The molecule has 22 heavy (non-hydrogen) atoms. The van der Waals surface area contributed by atoms with Crippen molar-refractivity contribution >= 4 is 17.3 Å². The van der Waals surface area contributed by atoms with E-state index in [-0.39, 0.29) is 6.04 Å². The Bertz CT molecular complexity index is 669. The van der Waals surface area contributed by atoms with Crippen molar-refractivity contribution in [3.8, 4) is 0 Å². The fraction of sp³-hybridized carbons (Fsp3) is 0.333. The van der Waals surface area contributed by atoms with E-state index in [0.717, 1.165) is 16.0 Å². The quantitative estimate of drug-likeness (QED) is 0.671. The Labute approximate surface area is 132 Å². The Hall–Kier alpha value is -2.02. The highest BCUT2D eigenvalue weighted by Gasteiger charge is 2.11. The standard InChI is InChI=1S/C15H18F2N4S/c1-9-7-19-14(22-9)8-20-15(18-3)21-10(2)11-4-5-12(16)13(17)6-11/h4-7,10H,8H2,1-3H3,(H2,18,20,21). The molecule has 0 aliphatic heterocycles. The van der Waals surface area contributed by atoms with Crippen LogP contribution in [0.15, 0.2) is 29.4 Å². The number of hydrogen-bond acceptors (Lipinski definition) is 3. The van der Waals surface area contributed by atoms with Gasteiger partial charge >= 0.3 is 0 Å². The van der Waals surface area contributed by atoms with Crippen molar-refractivity contribution in [1.29, 1.82) is 0 Å². The Morgan fingerprint density at radius 3 is 2.73 bits per heavy atom. The largest absolute Gasteiger partial charge is 0.350 e. The van der Waals surface area contributed by atoms with Crippen LogP contribution in [0.25, 0.3) is 0 Å². The van der Waals surface area contributed by atoms with Gasteiger partial charge in [-0.1, -0.05) is 6.07 Å². The van der Waals surface area contributed by atoms with E-state index in [9.17, 15) is 8.78 Å². The van der Waals surface area contributed by atoms with Crippen molar-refractivity contribution in [3.05, 3.63) is 51.5 Å².